The molecule has 0 saturated carbocycles. The van der Waals surface area contributed by atoms with Crippen molar-refractivity contribution in [2.75, 3.05) is 46.9 Å². The third-order valence-electron chi connectivity index (χ3n) is 3.39. The van der Waals surface area contributed by atoms with E-state index in [1.807, 2.05) is 17.0 Å². The molecule has 5 heteroatoms. The molecule has 1 fully saturated rings. The number of benzene rings is 1. The number of quaternary nitrogens is 1. The average Bonchev–Trinajstić information content (AvgIpc) is 2.46. The minimum atomic E-state index is 0.0586. The van der Waals surface area contributed by atoms with Crippen molar-refractivity contribution in [3.63, 3.8) is 0 Å². The number of hydrogen-bond donors (Lipinski definition) is 1. The minimum Gasteiger partial charge on any atom is -0.497 e. The molecule has 0 spiro atoms. The topological polar surface area (TPSA) is 43.2 Å². The van der Waals surface area contributed by atoms with E-state index in [1.54, 1.807) is 19.2 Å². The Kier molecular flexibility index (Phi) is 4.63. The van der Waals surface area contributed by atoms with Gasteiger partial charge in [0, 0.05) is 0 Å². The van der Waals surface area contributed by atoms with Crippen molar-refractivity contribution in [1.29, 1.82) is 0 Å². The van der Waals surface area contributed by atoms with Crippen LogP contribution in [0.1, 0.15) is 0 Å². The van der Waals surface area contributed by atoms with Gasteiger partial charge in [0.15, 0.2) is 6.61 Å². The Labute approximate surface area is 113 Å². The normalized spacial score (nSPS) is 16.2. The van der Waals surface area contributed by atoms with Gasteiger partial charge in [0.25, 0.3) is 5.91 Å². The first kappa shape index (κ1) is 13.7. The van der Waals surface area contributed by atoms with Gasteiger partial charge in [-0.1, -0.05) is 0 Å². The monoisotopic (exact) mass is 265 g/mol. The Bertz CT molecular complexity index is 411. The number of piperazine rings is 1. The van der Waals surface area contributed by atoms with Gasteiger partial charge in [0.2, 0.25) is 0 Å². The molecule has 5 nitrogen and oxygen atoms in total. The number of carbonyl (C=O) groups is 1. The van der Waals surface area contributed by atoms with E-state index in [4.69, 9.17) is 9.47 Å². The second-order valence-electron chi connectivity index (χ2n) is 4.80. The number of carbonyl (C=O) groups excluding carboxylic acids is 1. The molecular weight excluding hydrogens is 244 g/mol. The second-order valence-corrected chi connectivity index (χ2v) is 4.80. The van der Waals surface area contributed by atoms with Gasteiger partial charge in [-0.15, -0.1) is 0 Å². The number of hydrogen-bond acceptors (Lipinski definition) is 3. The molecule has 1 heterocycles. The molecule has 1 N–H and O–H groups in total. The third-order valence-corrected chi connectivity index (χ3v) is 3.39. The fourth-order valence-electron chi connectivity index (χ4n) is 2.05. The molecular formula is C14H21N2O3+. The summed E-state index contributed by atoms with van der Waals surface area (Å²) < 4.78 is 10.6. The van der Waals surface area contributed by atoms with Crippen molar-refractivity contribution in [2.24, 2.45) is 0 Å². The quantitative estimate of drug-likeness (QED) is 0.793. The van der Waals surface area contributed by atoms with E-state index < -0.39 is 0 Å². The number of amides is 1. The highest BCUT2D eigenvalue weighted by atomic mass is 16.5. The van der Waals surface area contributed by atoms with Crippen LogP contribution >= 0.6 is 0 Å². The lowest BCUT2D eigenvalue weighted by Crippen LogP contribution is -3.12. The van der Waals surface area contributed by atoms with Crippen molar-refractivity contribution in [3.8, 4) is 11.5 Å². The molecule has 0 bridgehead atoms. The Balaban J connectivity index is 1.79. The van der Waals surface area contributed by atoms with Crippen LogP contribution in [0.15, 0.2) is 24.3 Å². The van der Waals surface area contributed by atoms with Gasteiger partial charge >= 0.3 is 0 Å². The highest BCUT2D eigenvalue weighted by Gasteiger charge is 2.21. The molecule has 1 amide bonds. The molecule has 19 heavy (non-hydrogen) atoms. The van der Waals surface area contributed by atoms with Crippen LogP contribution in [0.25, 0.3) is 0 Å². The van der Waals surface area contributed by atoms with Crippen LogP contribution in [0, 0.1) is 0 Å². The molecule has 1 aliphatic rings. The van der Waals surface area contributed by atoms with Gasteiger partial charge in [0.1, 0.15) is 11.5 Å². The first-order chi connectivity index (χ1) is 9.19. The van der Waals surface area contributed by atoms with E-state index in [-0.39, 0.29) is 12.5 Å². The number of nitrogens with zero attached hydrogens (tertiary/aromatic N) is 1. The Morgan fingerprint density at radius 2 is 1.79 bits per heavy atom. The third kappa shape index (κ3) is 3.86. The molecule has 0 radical (unpaired) electrons. The number of ether oxygens (including phenoxy) is 2. The summed E-state index contributed by atoms with van der Waals surface area (Å²) in [6.45, 7) is 3.75. The van der Waals surface area contributed by atoms with Gasteiger partial charge in [-0.3, -0.25) is 4.79 Å². The molecule has 104 valence electrons. The highest BCUT2D eigenvalue weighted by molar-refractivity contribution is 5.77. The van der Waals surface area contributed by atoms with E-state index in [0.717, 1.165) is 31.9 Å². The van der Waals surface area contributed by atoms with Crippen LogP contribution in [0.4, 0.5) is 0 Å². The van der Waals surface area contributed by atoms with Crippen molar-refractivity contribution < 1.29 is 19.2 Å². The van der Waals surface area contributed by atoms with Crippen molar-refractivity contribution in [2.45, 2.75) is 0 Å². The Hall–Kier alpha value is -1.75. The minimum absolute atomic E-state index is 0.0586. The summed E-state index contributed by atoms with van der Waals surface area (Å²) in [7, 11) is 3.77. The van der Waals surface area contributed by atoms with Gasteiger partial charge in [-0.25, -0.2) is 0 Å². The van der Waals surface area contributed by atoms with Crippen LogP contribution in [-0.4, -0.2) is 57.8 Å². The van der Waals surface area contributed by atoms with Gasteiger partial charge in [-0.2, -0.15) is 0 Å². The zero-order valence-electron chi connectivity index (χ0n) is 11.5. The van der Waals surface area contributed by atoms with Crippen LogP contribution < -0.4 is 14.4 Å². The summed E-state index contributed by atoms with van der Waals surface area (Å²) in [5.41, 5.74) is 0. The largest absolute Gasteiger partial charge is 0.497 e. The molecule has 1 aromatic carbocycles. The maximum Gasteiger partial charge on any atom is 0.260 e. The summed E-state index contributed by atoms with van der Waals surface area (Å²) in [4.78, 5) is 15.3. The van der Waals surface area contributed by atoms with E-state index in [2.05, 4.69) is 7.05 Å². The summed E-state index contributed by atoms with van der Waals surface area (Å²) in [5, 5.41) is 0. The van der Waals surface area contributed by atoms with Gasteiger partial charge < -0.3 is 19.3 Å². The average molecular weight is 265 g/mol. The summed E-state index contributed by atoms with van der Waals surface area (Å²) in [6.07, 6.45) is 0. The summed E-state index contributed by atoms with van der Waals surface area (Å²) in [6, 6.07) is 7.25. The van der Waals surface area contributed by atoms with E-state index >= 15 is 0 Å². The van der Waals surface area contributed by atoms with Crippen LogP contribution in [0.3, 0.4) is 0 Å². The predicted octanol–water partition coefficient (Wildman–Crippen LogP) is -0.569. The predicted molar refractivity (Wildman–Crippen MR) is 71.7 cm³/mol. The van der Waals surface area contributed by atoms with Gasteiger partial charge in [0.05, 0.1) is 40.3 Å². The van der Waals surface area contributed by atoms with E-state index in [0.29, 0.717) is 5.75 Å². The lowest BCUT2D eigenvalue weighted by atomic mass is 10.3. The molecule has 0 aliphatic carbocycles. The number of nitrogens with one attached hydrogen (secondary N) is 1. The lowest BCUT2D eigenvalue weighted by molar-refractivity contribution is -0.883. The molecule has 1 aromatic rings. The lowest BCUT2D eigenvalue weighted by Gasteiger charge is -2.29. The summed E-state index contributed by atoms with van der Waals surface area (Å²) >= 11 is 0. The summed E-state index contributed by atoms with van der Waals surface area (Å²) in [5.74, 6) is 1.53. The molecule has 2 rings (SSSR count). The first-order valence-corrected chi connectivity index (χ1v) is 6.55. The van der Waals surface area contributed by atoms with Crippen molar-refractivity contribution in [1.82, 2.24) is 4.90 Å². The van der Waals surface area contributed by atoms with Crippen LogP contribution in [0.5, 0.6) is 11.5 Å². The molecule has 1 saturated heterocycles. The smallest absolute Gasteiger partial charge is 0.260 e. The van der Waals surface area contributed by atoms with E-state index in [9.17, 15) is 4.79 Å². The van der Waals surface area contributed by atoms with Gasteiger partial charge in [-0.05, 0) is 24.3 Å². The fourth-order valence-corrected chi connectivity index (χ4v) is 2.05. The van der Waals surface area contributed by atoms with E-state index in [1.165, 1.54) is 4.90 Å². The number of likely N-dealkylation sites (N-methyl/N-ethyl adjacent to an activating group) is 1. The molecule has 1 aliphatic heterocycles. The van der Waals surface area contributed by atoms with Crippen molar-refractivity contribution in [3.05, 3.63) is 24.3 Å². The standard InChI is InChI=1S/C14H20N2O3/c1-15-7-9-16(10-8-15)14(17)11-19-13-5-3-12(18-2)4-6-13/h3-6H,7-11H2,1-2H3/p+1. The Morgan fingerprint density at radius 1 is 1.21 bits per heavy atom. The maximum absolute atomic E-state index is 12.0. The van der Waals surface area contributed by atoms with Crippen LogP contribution in [-0.2, 0) is 4.79 Å². The van der Waals surface area contributed by atoms with Crippen LogP contribution in [0.2, 0.25) is 0 Å². The van der Waals surface area contributed by atoms with Crippen molar-refractivity contribution >= 4 is 5.91 Å². The maximum atomic E-state index is 12.0. The molecule has 0 aromatic heterocycles. The zero-order chi connectivity index (χ0) is 13.7. The SMILES string of the molecule is COc1ccc(OCC(=O)N2CC[NH+](C)CC2)cc1. The number of rotatable bonds is 4. The molecule has 0 atom stereocenters. The fraction of sp³-hybridized carbons (Fsp3) is 0.500. The Morgan fingerprint density at radius 3 is 2.37 bits per heavy atom. The molecule has 0 unspecified atom stereocenters. The number of methoxy groups -OCH3 is 1. The highest BCUT2D eigenvalue weighted by Crippen LogP contribution is 2.16. The zero-order valence-corrected chi connectivity index (χ0v) is 11.5. The second kappa shape index (κ2) is 6.43. The first-order valence-electron chi connectivity index (χ1n) is 6.55.